The molecule has 4 rings (SSSR count). The number of hydrogen-bond acceptors (Lipinski definition) is 3. The first-order valence-corrected chi connectivity index (χ1v) is 10.6. The van der Waals surface area contributed by atoms with Crippen LogP contribution in [0.3, 0.4) is 0 Å². The van der Waals surface area contributed by atoms with Gasteiger partial charge in [-0.25, -0.2) is 4.98 Å². The number of nitrogens with zero attached hydrogens (tertiary/aromatic N) is 2. The number of carbonyl (C=O) groups is 1. The Labute approximate surface area is 182 Å². The Morgan fingerprint density at radius 3 is 2.58 bits per heavy atom. The van der Waals surface area contributed by atoms with Crippen LogP contribution in [0.2, 0.25) is 0 Å². The van der Waals surface area contributed by atoms with E-state index in [1.807, 2.05) is 18.2 Å². The SMILES string of the molecule is COc1ccccc1C(=O)NCCCc1nc2ccccc2n1Cc1ccccc1C. The molecule has 0 spiro atoms. The molecule has 0 radical (unpaired) electrons. The number of aromatic nitrogens is 2. The highest BCUT2D eigenvalue weighted by Crippen LogP contribution is 2.20. The minimum atomic E-state index is -0.120. The highest BCUT2D eigenvalue weighted by atomic mass is 16.5. The molecule has 3 aromatic carbocycles. The maximum absolute atomic E-state index is 12.5. The number of hydrogen-bond donors (Lipinski definition) is 1. The van der Waals surface area contributed by atoms with Gasteiger partial charge >= 0.3 is 0 Å². The minimum Gasteiger partial charge on any atom is -0.496 e. The van der Waals surface area contributed by atoms with Crippen LogP contribution in [0.15, 0.2) is 72.8 Å². The molecule has 0 aliphatic rings. The van der Waals surface area contributed by atoms with Crippen molar-refractivity contribution in [1.82, 2.24) is 14.9 Å². The standard InChI is InChI=1S/C26H27N3O2/c1-19-10-3-4-11-20(19)18-29-23-14-7-6-13-22(23)28-25(29)16-9-17-27-26(30)21-12-5-8-15-24(21)31-2/h3-8,10-15H,9,16-18H2,1-2H3,(H,27,30). The fraction of sp³-hybridized carbons (Fsp3) is 0.231. The molecule has 5 heteroatoms. The zero-order chi connectivity index (χ0) is 21.6. The summed E-state index contributed by atoms with van der Waals surface area (Å²) in [5.74, 6) is 1.50. The Kier molecular flexibility index (Phi) is 6.32. The van der Waals surface area contributed by atoms with Crippen molar-refractivity contribution >= 4 is 16.9 Å². The van der Waals surface area contributed by atoms with Gasteiger partial charge in [0.05, 0.1) is 23.7 Å². The lowest BCUT2D eigenvalue weighted by atomic mass is 10.1. The summed E-state index contributed by atoms with van der Waals surface area (Å²) in [6.45, 7) is 3.50. The van der Waals surface area contributed by atoms with Gasteiger partial charge in [-0.3, -0.25) is 4.79 Å². The number of nitrogens with one attached hydrogen (secondary N) is 1. The summed E-state index contributed by atoms with van der Waals surface area (Å²) in [6.07, 6.45) is 1.59. The van der Waals surface area contributed by atoms with E-state index in [0.717, 1.165) is 36.2 Å². The van der Waals surface area contributed by atoms with Crippen LogP contribution in [0.5, 0.6) is 5.75 Å². The monoisotopic (exact) mass is 413 g/mol. The Morgan fingerprint density at radius 2 is 1.74 bits per heavy atom. The Balaban J connectivity index is 1.46. The molecule has 0 bridgehead atoms. The Morgan fingerprint density at radius 1 is 1.00 bits per heavy atom. The Bertz CT molecular complexity index is 1200. The van der Waals surface area contributed by atoms with E-state index in [1.54, 1.807) is 19.2 Å². The molecule has 1 aromatic heterocycles. The molecular weight excluding hydrogens is 386 g/mol. The second-order valence-corrected chi connectivity index (χ2v) is 7.59. The first-order valence-electron chi connectivity index (χ1n) is 10.6. The summed E-state index contributed by atoms with van der Waals surface area (Å²) in [5.41, 5.74) is 5.26. The molecule has 1 amide bonds. The van der Waals surface area contributed by atoms with Crippen LogP contribution >= 0.6 is 0 Å². The van der Waals surface area contributed by atoms with Gasteiger partial charge in [-0.1, -0.05) is 48.5 Å². The van der Waals surface area contributed by atoms with Gasteiger partial charge in [0.2, 0.25) is 0 Å². The number of amides is 1. The van der Waals surface area contributed by atoms with Crippen LogP contribution < -0.4 is 10.1 Å². The number of fused-ring (bicyclic) bond motifs is 1. The third-order valence-electron chi connectivity index (χ3n) is 5.54. The second kappa shape index (κ2) is 9.47. The maximum atomic E-state index is 12.5. The summed E-state index contributed by atoms with van der Waals surface area (Å²) >= 11 is 0. The maximum Gasteiger partial charge on any atom is 0.255 e. The molecule has 0 saturated heterocycles. The van der Waals surface area contributed by atoms with E-state index >= 15 is 0 Å². The fourth-order valence-electron chi connectivity index (χ4n) is 3.83. The predicted octanol–water partition coefficient (Wildman–Crippen LogP) is 4.76. The smallest absolute Gasteiger partial charge is 0.255 e. The highest BCUT2D eigenvalue weighted by Gasteiger charge is 2.13. The number of methoxy groups -OCH3 is 1. The summed E-state index contributed by atoms with van der Waals surface area (Å²) in [7, 11) is 1.57. The summed E-state index contributed by atoms with van der Waals surface area (Å²) < 4.78 is 7.57. The molecule has 0 saturated carbocycles. The lowest BCUT2D eigenvalue weighted by molar-refractivity contribution is 0.0950. The van der Waals surface area contributed by atoms with E-state index in [2.05, 4.69) is 59.3 Å². The third-order valence-corrected chi connectivity index (χ3v) is 5.54. The fourth-order valence-corrected chi connectivity index (χ4v) is 3.83. The number of aryl methyl sites for hydroxylation is 2. The van der Waals surface area contributed by atoms with E-state index in [1.165, 1.54) is 11.1 Å². The molecule has 0 fully saturated rings. The average Bonchev–Trinajstić information content (AvgIpc) is 3.15. The summed E-state index contributed by atoms with van der Waals surface area (Å²) in [4.78, 5) is 17.4. The van der Waals surface area contributed by atoms with E-state index in [0.29, 0.717) is 17.9 Å². The molecule has 1 N–H and O–H groups in total. The zero-order valence-corrected chi connectivity index (χ0v) is 18.0. The number of benzene rings is 3. The molecule has 5 nitrogen and oxygen atoms in total. The number of carbonyl (C=O) groups excluding carboxylic acids is 1. The van der Waals surface area contributed by atoms with Crippen LogP contribution in [0.25, 0.3) is 11.0 Å². The van der Waals surface area contributed by atoms with Gasteiger partial charge in [0.1, 0.15) is 11.6 Å². The molecule has 158 valence electrons. The van der Waals surface area contributed by atoms with Crippen LogP contribution in [-0.4, -0.2) is 29.1 Å². The molecule has 4 aromatic rings. The lowest BCUT2D eigenvalue weighted by Gasteiger charge is -2.12. The molecule has 0 aliphatic heterocycles. The second-order valence-electron chi connectivity index (χ2n) is 7.59. The topological polar surface area (TPSA) is 56.1 Å². The van der Waals surface area contributed by atoms with Crippen molar-refractivity contribution in [3.63, 3.8) is 0 Å². The van der Waals surface area contributed by atoms with Crippen molar-refractivity contribution in [3.05, 3.63) is 95.3 Å². The number of ether oxygens (including phenoxy) is 1. The normalized spacial score (nSPS) is 10.9. The van der Waals surface area contributed by atoms with Gasteiger partial charge in [0, 0.05) is 19.5 Å². The third kappa shape index (κ3) is 4.61. The van der Waals surface area contributed by atoms with Crippen LogP contribution in [0.1, 0.15) is 33.7 Å². The van der Waals surface area contributed by atoms with E-state index < -0.39 is 0 Å². The van der Waals surface area contributed by atoms with Crippen LogP contribution in [0, 0.1) is 6.92 Å². The van der Waals surface area contributed by atoms with Crippen molar-refractivity contribution in [1.29, 1.82) is 0 Å². The Hall–Kier alpha value is -3.60. The molecule has 0 aliphatic carbocycles. The van der Waals surface area contributed by atoms with Gasteiger partial charge in [0.15, 0.2) is 0 Å². The predicted molar refractivity (Wildman–Crippen MR) is 124 cm³/mol. The van der Waals surface area contributed by atoms with Gasteiger partial charge in [-0.2, -0.15) is 0 Å². The van der Waals surface area contributed by atoms with Crippen molar-refractivity contribution in [2.24, 2.45) is 0 Å². The quantitative estimate of drug-likeness (QED) is 0.424. The lowest BCUT2D eigenvalue weighted by Crippen LogP contribution is -2.25. The number of rotatable bonds is 8. The first kappa shape index (κ1) is 20.7. The van der Waals surface area contributed by atoms with Crippen molar-refractivity contribution in [2.75, 3.05) is 13.7 Å². The molecular formula is C26H27N3O2. The zero-order valence-electron chi connectivity index (χ0n) is 18.0. The number of para-hydroxylation sites is 3. The largest absolute Gasteiger partial charge is 0.496 e. The van der Waals surface area contributed by atoms with Gasteiger partial charge < -0.3 is 14.6 Å². The first-order chi connectivity index (χ1) is 15.2. The van der Waals surface area contributed by atoms with Crippen molar-refractivity contribution in [3.8, 4) is 5.75 Å². The number of imidazole rings is 1. The van der Waals surface area contributed by atoms with E-state index in [4.69, 9.17) is 9.72 Å². The average molecular weight is 414 g/mol. The molecule has 31 heavy (non-hydrogen) atoms. The van der Waals surface area contributed by atoms with Gasteiger partial charge in [-0.15, -0.1) is 0 Å². The van der Waals surface area contributed by atoms with Crippen molar-refractivity contribution in [2.45, 2.75) is 26.3 Å². The molecule has 0 unspecified atom stereocenters. The van der Waals surface area contributed by atoms with Crippen molar-refractivity contribution < 1.29 is 9.53 Å². The summed E-state index contributed by atoms with van der Waals surface area (Å²) in [6, 6.07) is 24.0. The van der Waals surface area contributed by atoms with E-state index in [9.17, 15) is 4.79 Å². The van der Waals surface area contributed by atoms with E-state index in [-0.39, 0.29) is 5.91 Å². The highest BCUT2D eigenvalue weighted by molar-refractivity contribution is 5.96. The minimum absolute atomic E-state index is 0.120. The molecule has 1 heterocycles. The van der Waals surface area contributed by atoms with Crippen LogP contribution in [-0.2, 0) is 13.0 Å². The summed E-state index contributed by atoms with van der Waals surface area (Å²) in [5, 5.41) is 3.00. The van der Waals surface area contributed by atoms with Crippen LogP contribution in [0.4, 0.5) is 0 Å². The van der Waals surface area contributed by atoms with Gasteiger partial charge in [-0.05, 0) is 48.7 Å². The molecule has 0 atom stereocenters. The van der Waals surface area contributed by atoms with Gasteiger partial charge in [0.25, 0.3) is 5.91 Å².